The number of fused-ring (bicyclic) bond motifs is 1. The van der Waals surface area contributed by atoms with E-state index in [1.165, 1.54) is 0 Å². The molecule has 1 atom stereocenters. The minimum Gasteiger partial charge on any atom is -0.489 e. The van der Waals surface area contributed by atoms with Crippen molar-refractivity contribution in [2.45, 2.75) is 71.6 Å². The molecule has 3 saturated heterocycles. The van der Waals surface area contributed by atoms with Gasteiger partial charge in [0, 0.05) is 87.6 Å². The maximum atomic E-state index is 16.0. The lowest BCUT2D eigenvalue weighted by Gasteiger charge is -2.63. The smallest absolute Gasteiger partial charge is 0.265 e. The van der Waals surface area contributed by atoms with Crippen molar-refractivity contribution >= 4 is 52.8 Å². The maximum Gasteiger partial charge on any atom is 0.265 e. The number of amides is 5. The summed E-state index contributed by atoms with van der Waals surface area (Å²) in [5.74, 6) is -4.23. The van der Waals surface area contributed by atoms with E-state index in [1.54, 1.807) is 35.5 Å². The van der Waals surface area contributed by atoms with Gasteiger partial charge < -0.3 is 19.9 Å². The molecule has 1 aliphatic carbocycles. The van der Waals surface area contributed by atoms with Crippen molar-refractivity contribution in [3.05, 3.63) is 75.6 Å². The molecule has 320 valence electrons. The van der Waals surface area contributed by atoms with Crippen LogP contribution in [0.25, 0.3) is 0 Å². The minimum atomic E-state index is -1.28. The Morgan fingerprint density at radius 2 is 1.62 bits per heavy atom. The summed E-state index contributed by atoms with van der Waals surface area (Å²) in [6.45, 7) is 12.1. The first-order valence-corrected chi connectivity index (χ1v) is 20.8. The first-order chi connectivity index (χ1) is 29.0. The first-order valence-electron chi connectivity index (χ1n) is 20.4. The fraction of sp³-hybridized carbons (Fsp3) is 0.488. The van der Waals surface area contributed by atoms with Gasteiger partial charge in [0.25, 0.3) is 17.7 Å². The molecule has 4 fully saturated rings. The highest BCUT2D eigenvalue weighted by molar-refractivity contribution is 6.31. The molecule has 61 heavy (non-hydrogen) atoms. The van der Waals surface area contributed by atoms with Gasteiger partial charge >= 0.3 is 0 Å². The molecule has 0 bridgehead atoms. The van der Waals surface area contributed by atoms with Gasteiger partial charge in [0.15, 0.2) is 5.82 Å². The number of hydrogen-bond donors (Lipinski definition) is 2. The number of anilines is 2. The molecule has 5 aliphatic rings. The highest BCUT2D eigenvalue weighted by atomic mass is 35.5. The van der Waals surface area contributed by atoms with Crippen LogP contribution in [0.5, 0.6) is 5.75 Å². The number of nitriles is 1. The van der Waals surface area contributed by atoms with Gasteiger partial charge in [-0.1, -0.05) is 39.3 Å². The highest BCUT2D eigenvalue weighted by Crippen LogP contribution is 2.55. The van der Waals surface area contributed by atoms with E-state index in [2.05, 4.69) is 30.4 Å². The van der Waals surface area contributed by atoms with Crippen LogP contribution in [0.1, 0.15) is 90.0 Å². The number of benzene rings is 2. The van der Waals surface area contributed by atoms with E-state index in [0.29, 0.717) is 64.8 Å². The number of nitrogens with one attached hydrogen (secondary N) is 2. The molecule has 0 spiro atoms. The van der Waals surface area contributed by atoms with Crippen molar-refractivity contribution in [3.8, 4) is 11.8 Å². The van der Waals surface area contributed by atoms with Crippen molar-refractivity contribution in [3.63, 3.8) is 0 Å². The van der Waals surface area contributed by atoms with Gasteiger partial charge in [-0.15, -0.1) is 0 Å². The Labute approximate surface area is 356 Å². The van der Waals surface area contributed by atoms with E-state index >= 15 is 8.78 Å². The van der Waals surface area contributed by atoms with E-state index in [4.69, 9.17) is 16.3 Å². The molecule has 4 aliphatic heterocycles. The van der Waals surface area contributed by atoms with Crippen LogP contribution in [-0.2, 0) is 9.59 Å². The number of rotatable bonds is 9. The SMILES string of the molecule is CC1(C)C(NC(=O)c2cnc(N3CCC(CN4CCN(c5c(F)cc6c(c5F)C(=O)N(C5CCC(=O)NC5=O)C6=O)CC4)CC3)nc2)C(C)(C)C1Oc1ccc(C#N)c(Cl)c1. The Morgan fingerprint density at radius 1 is 0.951 bits per heavy atom. The van der Waals surface area contributed by atoms with E-state index in [9.17, 15) is 29.2 Å². The molecule has 2 aromatic carbocycles. The monoisotopic (exact) mass is 857 g/mol. The first kappa shape index (κ1) is 42.0. The van der Waals surface area contributed by atoms with Crippen molar-refractivity contribution in [1.29, 1.82) is 5.26 Å². The number of carbonyl (C=O) groups is 5. The Kier molecular flexibility index (Phi) is 11.0. The van der Waals surface area contributed by atoms with Crippen LogP contribution in [0.2, 0.25) is 5.02 Å². The summed E-state index contributed by atoms with van der Waals surface area (Å²) in [6.07, 6.45) is 4.43. The van der Waals surface area contributed by atoms with E-state index in [0.717, 1.165) is 38.5 Å². The Morgan fingerprint density at radius 3 is 2.25 bits per heavy atom. The topological polar surface area (TPSA) is 181 Å². The summed E-state index contributed by atoms with van der Waals surface area (Å²) >= 11 is 6.23. The highest BCUT2D eigenvalue weighted by Gasteiger charge is 2.64. The van der Waals surface area contributed by atoms with Crippen LogP contribution >= 0.6 is 11.6 Å². The number of ether oxygens (including phenoxy) is 1. The summed E-state index contributed by atoms with van der Waals surface area (Å²) in [5, 5.41) is 14.8. The molecule has 5 amide bonds. The van der Waals surface area contributed by atoms with Gasteiger partial charge in [-0.2, -0.15) is 5.26 Å². The lowest BCUT2D eigenvalue weighted by atomic mass is 9.49. The van der Waals surface area contributed by atoms with Crippen LogP contribution < -0.4 is 25.2 Å². The molecule has 1 unspecified atom stereocenters. The number of piperazine rings is 1. The zero-order chi connectivity index (χ0) is 43.5. The van der Waals surface area contributed by atoms with E-state index in [-0.39, 0.29) is 36.6 Å². The Hall–Kier alpha value is -5.73. The van der Waals surface area contributed by atoms with Gasteiger partial charge in [0.05, 0.1) is 27.3 Å². The van der Waals surface area contributed by atoms with Crippen molar-refractivity contribution in [1.82, 2.24) is 30.4 Å². The fourth-order valence-electron chi connectivity index (χ4n) is 10.1. The summed E-state index contributed by atoms with van der Waals surface area (Å²) in [5.41, 5.74) is -1.50. The third-order valence-corrected chi connectivity index (χ3v) is 13.3. The van der Waals surface area contributed by atoms with Crippen molar-refractivity contribution < 1.29 is 37.5 Å². The maximum absolute atomic E-state index is 16.0. The number of hydrogen-bond acceptors (Lipinski definition) is 12. The Balaban J connectivity index is 0.811. The Bertz CT molecular complexity index is 2340. The predicted octanol–water partition coefficient (Wildman–Crippen LogP) is 4.33. The van der Waals surface area contributed by atoms with Gasteiger partial charge in [-0.05, 0) is 43.4 Å². The third-order valence-electron chi connectivity index (χ3n) is 13.0. The second kappa shape index (κ2) is 15.9. The number of nitrogens with zero attached hydrogens (tertiary/aromatic N) is 7. The van der Waals surface area contributed by atoms with Crippen LogP contribution in [0, 0.1) is 39.7 Å². The molecule has 15 nitrogen and oxygen atoms in total. The lowest BCUT2D eigenvalue weighted by molar-refractivity contribution is -0.164. The standard InChI is InChI=1S/C43H46ClF2N9O6/c1-42(2)39(43(3,4)40(42)61-26-6-5-24(19-47)28(44)17-26)51-35(57)25-20-48-41(49-21-25)54-11-9-23(10-12-54)22-52-13-15-53(16-14-52)34-29(45)18-27-32(33(34)46)38(60)55(37(27)59)30-7-8-31(56)50-36(30)58/h5-6,17-18,20-21,23,30,39-40H,7-16,22H2,1-4H3,(H,51,57)(H,50,56,58). The second-order valence-corrected chi connectivity index (χ2v) is 18.1. The summed E-state index contributed by atoms with van der Waals surface area (Å²) < 4.78 is 37.8. The molecule has 1 saturated carbocycles. The molecular formula is C43H46ClF2N9O6. The van der Waals surface area contributed by atoms with E-state index in [1.807, 2.05) is 33.8 Å². The molecule has 5 heterocycles. The van der Waals surface area contributed by atoms with Crippen LogP contribution in [-0.4, -0.2) is 113 Å². The quantitative estimate of drug-likeness (QED) is 0.292. The molecule has 3 aromatic rings. The number of imide groups is 2. The molecule has 2 N–H and O–H groups in total. The number of carbonyl (C=O) groups excluding carboxylic acids is 5. The van der Waals surface area contributed by atoms with Crippen molar-refractivity contribution in [2.75, 3.05) is 55.6 Å². The summed E-state index contributed by atoms with van der Waals surface area (Å²) in [4.78, 5) is 79.5. The molecule has 0 radical (unpaired) electrons. The zero-order valence-corrected chi connectivity index (χ0v) is 35.0. The van der Waals surface area contributed by atoms with E-state index < -0.39 is 63.3 Å². The molecule has 8 rings (SSSR count). The van der Waals surface area contributed by atoms with Gasteiger partial charge in [0.1, 0.15) is 35.5 Å². The van der Waals surface area contributed by atoms with Gasteiger partial charge in [-0.25, -0.2) is 18.7 Å². The zero-order valence-electron chi connectivity index (χ0n) is 34.3. The largest absolute Gasteiger partial charge is 0.489 e. The lowest BCUT2D eigenvalue weighted by Crippen LogP contribution is -2.74. The molecule has 1 aromatic heterocycles. The number of halogens is 3. The molecule has 18 heteroatoms. The average molecular weight is 858 g/mol. The van der Waals surface area contributed by atoms with Crippen LogP contribution in [0.15, 0.2) is 36.7 Å². The second-order valence-electron chi connectivity index (χ2n) is 17.7. The minimum absolute atomic E-state index is 0.0852. The normalized spacial score (nSPS) is 23.9. The average Bonchev–Trinajstić information content (AvgIpc) is 3.47. The summed E-state index contributed by atoms with van der Waals surface area (Å²) in [6, 6.07) is 6.40. The molecular weight excluding hydrogens is 812 g/mol. The van der Waals surface area contributed by atoms with Crippen LogP contribution in [0.3, 0.4) is 0 Å². The summed E-state index contributed by atoms with van der Waals surface area (Å²) in [7, 11) is 0. The van der Waals surface area contributed by atoms with Gasteiger partial charge in [0.2, 0.25) is 17.8 Å². The predicted molar refractivity (Wildman–Crippen MR) is 218 cm³/mol. The number of aromatic nitrogens is 2. The van der Waals surface area contributed by atoms with Crippen molar-refractivity contribution in [2.24, 2.45) is 16.7 Å². The van der Waals surface area contributed by atoms with Gasteiger partial charge in [-0.3, -0.25) is 39.1 Å². The van der Waals surface area contributed by atoms with Crippen LogP contribution in [0.4, 0.5) is 20.4 Å². The number of piperidine rings is 2. The third kappa shape index (κ3) is 7.54. The fourth-order valence-corrected chi connectivity index (χ4v) is 10.3.